The van der Waals surface area contributed by atoms with Crippen molar-refractivity contribution in [2.45, 2.75) is 25.2 Å². The summed E-state index contributed by atoms with van der Waals surface area (Å²) in [6, 6.07) is 8.33. The molecule has 2 aromatic rings. The number of nitrogen functional groups attached to an aromatic ring is 1. The molecule has 102 valence electrons. The molecule has 1 aliphatic rings. The summed E-state index contributed by atoms with van der Waals surface area (Å²) < 4.78 is 0. The molecule has 5 heteroatoms. The van der Waals surface area contributed by atoms with Crippen LogP contribution in [-0.4, -0.2) is 15.9 Å². The highest BCUT2D eigenvalue weighted by molar-refractivity contribution is 5.96. The van der Waals surface area contributed by atoms with Gasteiger partial charge in [-0.3, -0.25) is 4.79 Å². The number of anilines is 1. The molecule has 1 unspecified atom stereocenters. The summed E-state index contributed by atoms with van der Waals surface area (Å²) in [6.45, 7) is 0. The molecule has 20 heavy (non-hydrogen) atoms. The van der Waals surface area contributed by atoms with Crippen molar-refractivity contribution in [3.05, 3.63) is 53.0 Å². The van der Waals surface area contributed by atoms with Crippen molar-refractivity contribution in [3.8, 4) is 0 Å². The quantitative estimate of drug-likeness (QED) is 0.865. The summed E-state index contributed by atoms with van der Waals surface area (Å²) in [6.07, 6.45) is 4.60. The second-order valence-electron chi connectivity index (χ2n) is 5.03. The fraction of sp³-hybridized carbons (Fsp3) is 0.267. The SMILES string of the molecule is NC(=O)c1cnc(C2CCCc3ccccc32)nc1N. The minimum Gasteiger partial charge on any atom is -0.383 e. The Bertz CT molecular complexity index is 669. The number of nitrogens with two attached hydrogens (primary N) is 2. The van der Waals surface area contributed by atoms with Crippen LogP contribution < -0.4 is 11.5 Å². The highest BCUT2D eigenvalue weighted by atomic mass is 16.1. The lowest BCUT2D eigenvalue weighted by Gasteiger charge is -2.24. The Morgan fingerprint density at radius 1 is 1.30 bits per heavy atom. The molecule has 0 saturated heterocycles. The number of aromatic nitrogens is 2. The summed E-state index contributed by atoms with van der Waals surface area (Å²) in [4.78, 5) is 19.7. The minimum atomic E-state index is -0.599. The average Bonchev–Trinajstić information content (AvgIpc) is 2.46. The zero-order chi connectivity index (χ0) is 14.1. The third kappa shape index (κ3) is 2.11. The van der Waals surface area contributed by atoms with Gasteiger partial charge in [-0.2, -0.15) is 0 Å². The van der Waals surface area contributed by atoms with Gasteiger partial charge in [-0.1, -0.05) is 24.3 Å². The maximum Gasteiger partial charge on any atom is 0.254 e. The first-order chi connectivity index (χ1) is 9.66. The molecule has 1 aliphatic carbocycles. The lowest BCUT2D eigenvalue weighted by atomic mass is 9.82. The first-order valence-corrected chi connectivity index (χ1v) is 6.67. The number of fused-ring (bicyclic) bond motifs is 1. The Morgan fingerprint density at radius 3 is 2.85 bits per heavy atom. The van der Waals surface area contributed by atoms with Crippen LogP contribution in [0.15, 0.2) is 30.5 Å². The van der Waals surface area contributed by atoms with Crippen LogP contribution in [0.3, 0.4) is 0 Å². The molecule has 1 amide bonds. The van der Waals surface area contributed by atoms with Crippen molar-refractivity contribution in [1.82, 2.24) is 9.97 Å². The number of carbonyl (C=O) groups is 1. The fourth-order valence-electron chi connectivity index (χ4n) is 2.79. The minimum absolute atomic E-state index is 0.143. The van der Waals surface area contributed by atoms with Crippen LogP contribution in [0, 0.1) is 0 Å². The Balaban J connectivity index is 2.03. The van der Waals surface area contributed by atoms with E-state index in [1.54, 1.807) is 0 Å². The number of hydrogen-bond donors (Lipinski definition) is 2. The van der Waals surface area contributed by atoms with Gasteiger partial charge in [-0.25, -0.2) is 9.97 Å². The van der Waals surface area contributed by atoms with Crippen LogP contribution in [0.4, 0.5) is 5.82 Å². The summed E-state index contributed by atoms with van der Waals surface area (Å²) >= 11 is 0. The molecule has 0 radical (unpaired) electrons. The van der Waals surface area contributed by atoms with E-state index in [2.05, 4.69) is 22.1 Å². The first kappa shape index (κ1) is 12.6. The Hall–Kier alpha value is -2.43. The molecule has 0 fully saturated rings. The van der Waals surface area contributed by atoms with E-state index in [0.29, 0.717) is 5.82 Å². The summed E-state index contributed by atoms with van der Waals surface area (Å²) in [7, 11) is 0. The van der Waals surface area contributed by atoms with Crippen molar-refractivity contribution in [2.75, 3.05) is 5.73 Å². The molecule has 5 nitrogen and oxygen atoms in total. The van der Waals surface area contributed by atoms with Crippen LogP contribution >= 0.6 is 0 Å². The lowest BCUT2D eigenvalue weighted by molar-refractivity contribution is 0.100. The largest absolute Gasteiger partial charge is 0.383 e. The van der Waals surface area contributed by atoms with Crippen LogP contribution in [0.25, 0.3) is 0 Å². The maximum atomic E-state index is 11.2. The van der Waals surface area contributed by atoms with E-state index in [1.807, 2.05) is 12.1 Å². The highest BCUT2D eigenvalue weighted by Gasteiger charge is 2.24. The lowest BCUT2D eigenvalue weighted by Crippen LogP contribution is -2.18. The van der Waals surface area contributed by atoms with Gasteiger partial charge in [-0.15, -0.1) is 0 Å². The molecule has 1 aromatic carbocycles. The third-order valence-corrected chi connectivity index (χ3v) is 3.78. The third-order valence-electron chi connectivity index (χ3n) is 3.78. The molecular weight excluding hydrogens is 252 g/mol. The van der Waals surface area contributed by atoms with E-state index in [4.69, 9.17) is 11.5 Å². The number of primary amides is 1. The van der Waals surface area contributed by atoms with Crippen molar-refractivity contribution >= 4 is 11.7 Å². The zero-order valence-electron chi connectivity index (χ0n) is 11.0. The standard InChI is InChI=1S/C15H16N4O/c16-13-12(14(17)20)8-18-15(19-13)11-7-3-5-9-4-1-2-6-10(9)11/h1-2,4,6,8,11H,3,5,7H2,(H2,17,20)(H2,16,18,19). The molecule has 0 bridgehead atoms. The average molecular weight is 268 g/mol. The summed E-state index contributed by atoms with van der Waals surface area (Å²) in [5.74, 6) is 0.368. The van der Waals surface area contributed by atoms with Crippen molar-refractivity contribution in [2.24, 2.45) is 5.73 Å². The van der Waals surface area contributed by atoms with Gasteiger partial charge in [0, 0.05) is 12.1 Å². The van der Waals surface area contributed by atoms with Gasteiger partial charge in [-0.05, 0) is 30.4 Å². The number of hydrogen-bond acceptors (Lipinski definition) is 4. The maximum absolute atomic E-state index is 11.2. The highest BCUT2D eigenvalue weighted by Crippen LogP contribution is 2.35. The van der Waals surface area contributed by atoms with Crippen LogP contribution in [0.2, 0.25) is 0 Å². The molecule has 3 rings (SSSR count). The van der Waals surface area contributed by atoms with Gasteiger partial charge in [0.2, 0.25) is 0 Å². The molecule has 1 atom stereocenters. The molecular formula is C15H16N4O. The number of aryl methyl sites for hydroxylation is 1. The number of nitrogens with zero attached hydrogens (tertiary/aromatic N) is 2. The van der Waals surface area contributed by atoms with Gasteiger partial charge in [0.1, 0.15) is 11.6 Å². The van der Waals surface area contributed by atoms with Crippen LogP contribution in [0.5, 0.6) is 0 Å². The summed E-state index contributed by atoms with van der Waals surface area (Å²) in [5, 5.41) is 0. The van der Waals surface area contributed by atoms with Gasteiger partial charge in [0.05, 0.1) is 5.56 Å². The van der Waals surface area contributed by atoms with E-state index < -0.39 is 5.91 Å². The van der Waals surface area contributed by atoms with E-state index in [9.17, 15) is 4.79 Å². The van der Waals surface area contributed by atoms with E-state index in [1.165, 1.54) is 17.3 Å². The monoisotopic (exact) mass is 268 g/mol. The first-order valence-electron chi connectivity index (χ1n) is 6.67. The molecule has 0 spiro atoms. The van der Waals surface area contributed by atoms with Crippen LogP contribution in [-0.2, 0) is 6.42 Å². The number of amides is 1. The number of benzene rings is 1. The fourth-order valence-corrected chi connectivity index (χ4v) is 2.79. The molecule has 1 heterocycles. The number of carbonyl (C=O) groups excluding carboxylic acids is 1. The molecule has 0 saturated carbocycles. The van der Waals surface area contributed by atoms with Crippen LogP contribution in [0.1, 0.15) is 46.1 Å². The molecule has 0 aliphatic heterocycles. The van der Waals surface area contributed by atoms with E-state index in [-0.39, 0.29) is 17.3 Å². The van der Waals surface area contributed by atoms with Gasteiger partial charge >= 0.3 is 0 Å². The Morgan fingerprint density at radius 2 is 2.10 bits per heavy atom. The molecule has 1 aromatic heterocycles. The van der Waals surface area contributed by atoms with Gasteiger partial charge in [0.15, 0.2) is 0 Å². The van der Waals surface area contributed by atoms with Gasteiger partial charge < -0.3 is 11.5 Å². The Kier molecular flexibility index (Phi) is 3.10. The normalized spacial score (nSPS) is 17.5. The zero-order valence-corrected chi connectivity index (χ0v) is 11.0. The van der Waals surface area contributed by atoms with E-state index >= 15 is 0 Å². The second kappa shape index (κ2) is 4.92. The Labute approximate surface area is 117 Å². The van der Waals surface area contributed by atoms with Gasteiger partial charge in [0.25, 0.3) is 5.91 Å². The topological polar surface area (TPSA) is 94.9 Å². The smallest absolute Gasteiger partial charge is 0.254 e. The predicted octanol–water partition coefficient (Wildman–Crippen LogP) is 1.63. The van der Waals surface area contributed by atoms with Crippen molar-refractivity contribution in [3.63, 3.8) is 0 Å². The predicted molar refractivity (Wildman–Crippen MR) is 76.2 cm³/mol. The van der Waals surface area contributed by atoms with Crippen molar-refractivity contribution < 1.29 is 4.79 Å². The van der Waals surface area contributed by atoms with E-state index in [0.717, 1.165) is 19.3 Å². The van der Waals surface area contributed by atoms with Crippen molar-refractivity contribution in [1.29, 1.82) is 0 Å². The molecule has 4 N–H and O–H groups in total. The summed E-state index contributed by atoms with van der Waals surface area (Å²) in [5.41, 5.74) is 13.8. The number of rotatable bonds is 2. The second-order valence-corrected chi connectivity index (χ2v) is 5.03.